The lowest BCUT2D eigenvalue weighted by atomic mass is 9.91. The van der Waals surface area contributed by atoms with Gasteiger partial charge in [0, 0.05) is 11.7 Å². The molecule has 0 saturated carbocycles. The average molecular weight is 291 g/mol. The Morgan fingerprint density at radius 2 is 1.83 bits per heavy atom. The summed E-state index contributed by atoms with van der Waals surface area (Å²) < 4.78 is 27.4. The number of pyridine rings is 1. The van der Waals surface area contributed by atoms with Crippen LogP contribution in [0.2, 0.25) is 5.15 Å². The minimum atomic E-state index is -3.63. The zero-order valence-electron chi connectivity index (χ0n) is 10.9. The Balaban J connectivity index is 3.13. The molecule has 0 aromatic carbocycles. The minimum absolute atomic E-state index is 0.00205. The Labute approximate surface area is 114 Å². The topological polar surface area (TPSA) is 59.1 Å². The normalized spacial score (nSPS) is 12.7. The molecule has 0 aliphatic rings. The molecule has 0 fully saturated rings. The van der Waals surface area contributed by atoms with E-state index in [9.17, 15) is 8.42 Å². The molecule has 1 aromatic rings. The molecule has 6 heteroatoms. The summed E-state index contributed by atoms with van der Waals surface area (Å²) >= 11 is 5.84. The lowest BCUT2D eigenvalue weighted by molar-refractivity contribution is 0.341. The molecule has 0 amide bonds. The maximum absolute atomic E-state index is 12.3. The van der Waals surface area contributed by atoms with Crippen LogP contribution >= 0.6 is 11.6 Å². The van der Waals surface area contributed by atoms with Gasteiger partial charge >= 0.3 is 0 Å². The van der Waals surface area contributed by atoms with Crippen molar-refractivity contribution in [3.63, 3.8) is 0 Å². The van der Waals surface area contributed by atoms with Crippen LogP contribution in [0, 0.1) is 0 Å². The van der Waals surface area contributed by atoms with Crippen LogP contribution in [-0.2, 0) is 10.0 Å². The van der Waals surface area contributed by atoms with E-state index in [0.29, 0.717) is 0 Å². The zero-order chi connectivity index (χ0) is 13.8. The van der Waals surface area contributed by atoms with Gasteiger partial charge in [-0.3, -0.25) is 0 Å². The third-order valence-corrected chi connectivity index (χ3v) is 5.42. The van der Waals surface area contributed by atoms with Crippen molar-refractivity contribution in [3.8, 4) is 0 Å². The predicted molar refractivity (Wildman–Crippen MR) is 73.2 cm³/mol. The highest BCUT2D eigenvalue weighted by Gasteiger charge is 2.31. The van der Waals surface area contributed by atoms with E-state index >= 15 is 0 Å². The van der Waals surface area contributed by atoms with Crippen molar-refractivity contribution in [2.45, 2.75) is 50.5 Å². The quantitative estimate of drug-likeness (QED) is 0.819. The van der Waals surface area contributed by atoms with E-state index < -0.39 is 15.6 Å². The van der Waals surface area contributed by atoms with E-state index in [2.05, 4.69) is 9.71 Å². The first-order valence-electron chi connectivity index (χ1n) is 6.05. The second-order valence-electron chi connectivity index (χ2n) is 4.24. The van der Waals surface area contributed by atoms with Crippen LogP contribution < -0.4 is 4.72 Å². The Kier molecular flexibility index (Phi) is 5.13. The highest BCUT2D eigenvalue weighted by Crippen LogP contribution is 2.25. The number of hydrogen-bond acceptors (Lipinski definition) is 3. The van der Waals surface area contributed by atoms with Gasteiger partial charge < -0.3 is 0 Å². The number of sulfonamides is 1. The van der Waals surface area contributed by atoms with E-state index in [4.69, 9.17) is 11.6 Å². The summed E-state index contributed by atoms with van der Waals surface area (Å²) in [5.74, 6) is 0. The largest absolute Gasteiger partial charge is 0.244 e. The molecule has 1 N–H and O–H groups in total. The standard InChI is InChI=1S/C12H19ClN2O2S/c1-4-12(5-2,6-3)15-18(16,17)10-8-7-9-14-11(10)13/h7-9,15H,4-6H2,1-3H3. The van der Waals surface area contributed by atoms with Gasteiger partial charge in [0.25, 0.3) is 0 Å². The molecule has 0 radical (unpaired) electrons. The lowest BCUT2D eigenvalue weighted by Crippen LogP contribution is -2.47. The molecule has 0 atom stereocenters. The van der Waals surface area contributed by atoms with Gasteiger partial charge in [0.1, 0.15) is 10.0 Å². The fraction of sp³-hybridized carbons (Fsp3) is 0.583. The van der Waals surface area contributed by atoms with E-state index in [1.54, 1.807) is 6.07 Å². The maximum Gasteiger partial charge on any atom is 0.244 e. The van der Waals surface area contributed by atoms with Crippen molar-refractivity contribution < 1.29 is 8.42 Å². The van der Waals surface area contributed by atoms with Crippen LogP contribution in [0.4, 0.5) is 0 Å². The SMILES string of the molecule is CCC(CC)(CC)NS(=O)(=O)c1cccnc1Cl. The smallest absolute Gasteiger partial charge is 0.243 e. The fourth-order valence-corrected chi connectivity index (χ4v) is 3.95. The molecule has 18 heavy (non-hydrogen) atoms. The van der Waals surface area contributed by atoms with E-state index in [1.165, 1.54) is 12.3 Å². The Morgan fingerprint density at radius 3 is 2.28 bits per heavy atom. The molecule has 0 aliphatic heterocycles. The van der Waals surface area contributed by atoms with E-state index in [1.807, 2.05) is 20.8 Å². The number of nitrogens with zero attached hydrogens (tertiary/aromatic N) is 1. The Hall–Kier alpha value is -0.650. The zero-order valence-corrected chi connectivity index (χ0v) is 12.5. The molecule has 0 saturated heterocycles. The third-order valence-electron chi connectivity index (χ3n) is 3.40. The predicted octanol–water partition coefficient (Wildman–Crippen LogP) is 2.98. The van der Waals surface area contributed by atoms with Gasteiger partial charge in [-0.15, -0.1) is 0 Å². The summed E-state index contributed by atoms with van der Waals surface area (Å²) in [6.07, 6.45) is 3.67. The summed E-state index contributed by atoms with van der Waals surface area (Å²) in [4.78, 5) is 3.83. The van der Waals surface area contributed by atoms with Crippen LogP contribution in [-0.4, -0.2) is 18.9 Å². The van der Waals surface area contributed by atoms with Gasteiger partial charge in [-0.25, -0.2) is 18.1 Å². The van der Waals surface area contributed by atoms with Gasteiger partial charge in [-0.05, 0) is 31.4 Å². The van der Waals surface area contributed by atoms with Crippen LogP contribution in [0.5, 0.6) is 0 Å². The van der Waals surface area contributed by atoms with E-state index in [0.717, 1.165) is 19.3 Å². The molecule has 1 rings (SSSR count). The second-order valence-corrected chi connectivity index (χ2v) is 6.25. The first-order chi connectivity index (χ1) is 8.40. The fourth-order valence-electron chi connectivity index (χ4n) is 1.88. The first kappa shape index (κ1) is 15.4. The third kappa shape index (κ3) is 3.22. The number of nitrogens with one attached hydrogen (secondary N) is 1. The van der Waals surface area contributed by atoms with Crippen molar-refractivity contribution in [3.05, 3.63) is 23.5 Å². The van der Waals surface area contributed by atoms with E-state index in [-0.39, 0.29) is 10.0 Å². The maximum atomic E-state index is 12.3. The highest BCUT2D eigenvalue weighted by atomic mass is 35.5. The molecule has 0 spiro atoms. The summed E-state index contributed by atoms with van der Waals surface area (Å²) in [5.41, 5.74) is -0.419. The van der Waals surface area contributed by atoms with Crippen molar-refractivity contribution in [1.82, 2.24) is 9.71 Å². The molecule has 0 unspecified atom stereocenters. The van der Waals surface area contributed by atoms with Crippen molar-refractivity contribution >= 4 is 21.6 Å². The monoisotopic (exact) mass is 290 g/mol. The summed E-state index contributed by atoms with van der Waals surface area (Å²) in [6.45, 7) is 5.92. The van der Waals surface area contributed by atoms with Crippen molar-refractivity contribution in [2.24, 2.45) is 0 Å². The van der Waals surface area contributed by atoms with Crippen molar-refractivity contribution in [2.75, 3.05) is 0 Å². The Morgan fingerprint density at radius 1 is 1.28 bits per heavy atom. The highest BCUT2D eigenvalue weighted by molar-refractivity contribution is 7.89. The lowest BCUT2D eigenvalue weighted by Gasteiger charge is -2.31. The molecule has 4 nitrogen and oxygen atoms in total. The number of aromatic nitrogens is 1. The molecule has 1 heterocycles. The first-order valence-corrected chi connectivity index (χ1v) is 7.91. The number of hydrogen-bond donors (Lipinski definition) is 1. The van der Waals surface area contributed by atoms with Crippen molar-refractivity contribution in [1.29, 1.82) is 0 Å². The number of halogens is 1. The average Bonchev–Trinajstić information content (AvgIpc) is 2.36. The van der Waals surface area contributed by atoms with Crippen LogP contribution in [0.3, 0.4) is 0 Å². The second kappa shape index (κ2) is 5.99. The molecular formula is C12H19ClN2O2S. The Bertz CT molecular complexity index is 490. The minimum Gasteiger partial charge on any atom is -0.243 e. The molecular weight excluding hydrogens is 272 g/mol. The van der Waals surface area contributed by atoms with Crippen LogP contribution in [0.15, 0.2) is 23.2 Å². The number of rotatable bonds is 6. The van der Waals surface area contributed by atoms with Gasteiger partial charge in [0.2, 0.25) is 10.0 Å². The van der Waals surface area contributed by atoms with Crippen LogP contribution in [0.1, 0.15) is 40.0 Å². The summed E-state index contributed by atoms with van der Waals surface area (Å²) in [6, 6.07) is 3.02. The molecule has 1 aromatic heterocycles. The molecule has 102 valence electrons. The summed E-state index contributed by atoms with van der Waals surface area (Å²) in [5, 5.41) is 0.00205. The van der Waals surface area contributed by atoms with Gasteiger partial charge in [-0.2, -0.15) is 0 Å². The van der Waals surface area contributed by atoms with Gasteiger partial charge in [0.05, 0.1) is 0 Å². The summed E-state index contributed by atoms with van der Waals surface area (Å²) in [7, 11) is -3.63. The van der Waals surface area contributed by atoms with Gasteiger partial charge in [-0.1, -0.05) is 32.4 Å². The van der Waals surface area contributed by atoms with Crippen LogP contribution in [0.25, 0.3) is 0 Å². The molecule has 0 bridgehead atoms. The molecule has 0 aliphatic carbocycles. The van der Waals surface area contributed by atoms with Gasteiger partial charge in [0.15, 0.2) is 0 Å².